The number of hydrogen-bond donors (Lipinski definition) is 2. The highest BCUT2D eigenvalue weighted by Crippen LogP contribution is 2.23. The first-order valence-corrected chi connectivity index (χ1v) is 3.75. The Kier molecular flexibility index (Phi) is 3.05. The molecule has 0 saturated carbocycles. The normalized spacial score (nSPS) is 17.5. The van der Waals surface area contributed by atoms with Crippen LogP contribution in [0.1, 0.15) is 27.7 Å². The lowest BCUT2D eigenvalue weighted by molar-refractivity contribution is -0.142. The SMILES string of the molecule is C[C@H](C(=O)O)[C@H](N)C(C)(C)C. The van der Waals surface area contributed by atoms with Gasteiger partial charge in [0.25, 0.3) is 0 Å². The van der Waals surface area contributed by atoms with Gasteiger partial charge in [0.05, 0.1) is 5.92 Å². The fourth-order valence-electron chi connectivity index (χ4n) is 0.904. The van der Waals surface area contributed by atoms with E-state index in [2.05, 4.69) is 0 Å². The van der Waals surface area contributed by atoms with Crippen LogP contribution in [0.4, 0.5) is 0 Å². The summed E-state index contributed by atoms with van der Waals surface area (Å²) in [5.41, 5.74) is 5.57. The van der Waals surface area contributed by atoms with Crippen molar-refractivity contribution in [3.63, 3.8) is 0 Å². The third-order valence-corrected chi connectivity index (χ3v) is 1.93. The standard InChI is InChI=1S/C8H17NO2/c1-5(7(10)11)6(9)8(2,3)4/h5-6H,9H2,1-4H3,(H,10,11)/t5-,6-/m0/s1. The summed E-state index contributed by atoms with van der Waals surface area (Å²) in [6, 6.07) is -0.292. The molecule has 0 unspecified atom stereocenters. The van der Waals surface area contributed by atoms with Crippen LogP contribution in [0.5, 0.6) is 0 Å². The van der Waals surface area contributed by atoms with E-state index in [1.165, 1.54) is 0 Å². The molecule has 66 valence electrons. The van der Waals surface area contributed by atoms with Crippen LogP contribution < -0.4 is 5.73 Å². The van der Waals surface area contributed by atoms with Gasteiger partial charge in [0.15, 0.2) is 0 Å². The van der Waals surface area contributed by atoms with E-state index in [-0.39, 0.29) is 11.5 Å². The van der Waals surface area contributed by atoms with Crippen molar-refractivity contribution in [1.82, 2.24) is 0 Å². The van der Waals surface area contributed by atoms with Gasteiger partial charge in [-0.3, -0.25) is 4.79 Å². The summed E-state index contributed by atoms with van der Waals surface area (Å²) in [5.74, 6) is -1.30. The maximum atomic E-state index is 10.5. The van der Waals surface area contributed by atoms with Gasteiger partial charge in [0, 0.05) is 6.04 Å². The zero-order valence-corrected chi connectivity index (χ0v) is 7.59. The molecule has 3 N–H and O–H groups in total. The number of carboxylic acids is 1. The van der Waals surface area contributed by atoms with Crippen LogP contribution in [0.2, 0.25) is 0 Å². The van der Waals surface area contributed by atoms with Gasteiger partial charge in [-0.1, -0.05) is 27.7 Å². The van der Waals surface area contributed by atoms with E-state index >= 15 is 0 Å². The van der Waals surface area contributed by atoms with Crippen LogP contribution in [0.15, 0.2) is 0 Å². The van der Waals surface area contributed by atoms with Crippen molar-refractivity contribution in [1.29, 1.82) is 0 Å². The van der Waals surface area contributed by atoms with E-state index in [0.717, 1.165) is 0 Å². The number of nitrogens with two attached hydrogens (primary N) is 1. The number of hydrogen-bond acceptors (Lipinski definition) is 2. The Morgan fingerprint density at radius 1 is 1.45 bits per heavy atom. The van der Waals surface area contributed by atoms with Crippen molar-refractivity contribution in [3.8, 4) is 0 Å². The predicted molar refractivity (Wildman–Crippen MR) is 44.2 cm³/mol. The molecular formula is C8H17NO2. The molecular weight excluding hydrogens is 142 g/mol. The molecule has 0 rings (SSSR count). The molecule has 0 aliphatic carbocycles. The molecule has 0 saturated heterocycles. The second-order valence-corrected chi connectivity index (χ2v) is 4.02. The van der Waals surface area contributed by atoms with Crippen LogP contribution in [0.3, 0.4) is 0 Å². The van der Waals surface area contributed by atoms with E-state index < -0.39 is 11.9 Å². The first-order valence-electron chi connectivity index (χ1n) is 3.75. The Morgan fingerprint density at radius 3 is 1.91 bits per heavy atom. The Morgan fingerprint density at radius 2 is 1.82 bits per heavy atom. The lowest BCUT2D eigenvalue weighted by atomic mass is 9.80. The molecule has 2 atom stereocenters. The molecule has 0 aliphatic heterocycles. The van der Waals surface area contributed by atoms with Crippen molar-refractivity contribution in [2.24, 2.45) is 17.1 Å². The summed E-state index contributed by atoms with van der Waals surface area (Å²) in [6.45, 7) is 7.46. The highest BCUT2D eigenvalue weighted by atomic mass is 16.4. The second-order valence-electron chi connectivity index (χ2n) is 4.02. The van der Waals surface area contributed by atoms with Crippen LogP contribution in [0, 0.1) is 11.3 Å². The molecule has 11 heavy (non-hydrogen) atoms. The van der Waals surface area contributed by atoms with Crippen LogP contribution in [-0.2, 0) is 4.79 Å². The Hall–Kier alpha value is -0.570. The van der Waals surface area contributed by atoms with Gasteiger partial charge in [0.1, 0.15) is 0 Å². The second kappa shape index (κ2) is 3.22. The number of carboxylic acid groups (broad SMARTS) is 1. The Balaban J connectivity index is 4.25. The fourth-order valence-corrected chi connectivity index (χ4v) is 0.904. The topological polar surface area (TPSA) is 63.3 Å². The number of rotatable bonds is 2. The molecule has 0 spiro atoms. The molecule has 0 aromatic rings. The van der Waals surface area contributed by atoms with Gasteiger partial charge < -0.3 is 10.8 Å². The summed E-state index contributed by atoms with van der Waals surface area (Å²) in [6.07, 6.45) is 0. The molecule has 0 aromatic heterocycles. The zero-order chi connectivity index (χ0) is 9.23. The summed E-state index contributed by atoms with van der Waals surface area (Å²) in [5, 5.41) is 8.64. The third kappa shape index (κ3) is 2.89. The Labute approximate surface area is 67.6 Å². The summed E-state index contributed by atoms with van der Waals surface area (Å²) in [7, 11) is 0. The van der Waals surface area contributed by atoms with E-state index in [9.17, 15) is 4.79 Å². The molecule has 3 heteroatoms. The van der Waals surface area contributed by atoms with Crippen molar-refractivity contribution in [2.45, 2.75) is 33.7 Å². The lowest BCUT2D eigenvalue weighted by Crippen LogP contribution is -2.43. The average molecular weight is 159 g/mol. The highest BCUT2D eigenvalue weighted by molar-refractivity contribution is 5.70. The molecule has 0 aromatic carbocycles. The summed E-state index contributed by atoms with van der Waals surface area (Å²) < 4.78 is 0. The molecule has 0 aliphatic rings. The smallest absolute Gasteiger partial charge is 0.307 e. The number of aliphatic carboxylic acids is 1. The lowest BCUT2D eigenvalue weighted by Gasteiger charge is -2.29. The predicted octanol–water partition coefficient (Wildman–Crippen LogP) is 1.08. The highest BCUT2D eigenvalue weighted by Gasteiger charge is 2.29. The van der Waals surface area contributed by atoms with Gasteiger partial charge in [-0.25, -0.2) is 0 Å². The molecule has 3 nitrogen and oxygen atoms in total. The van der Waals surface area contributed by atoms with Crippen LogP contribution in [-0.4, -0.2) is 17.1 Å². The average Bonchev–Trinajstić information content (AvgIpc) is 1.82. The first-order chi connectivity index (χ1) is 4.76. The van der Waals surface area contributed by atoms with Gasteiger partial charge in [-0.2, -0.15) is 0 Å². The van der Waals surface area contributed by atoms with Crippen LogP contribution >= 0.6 is 0 Å². The number of carbonyl (C=O) groups is 1. The molecule has 0 fully saturated rings. The van der Waals surface area contributed by atoms with Gasteiger partial charge in [-0.05, 0) is 5.41 Å². The monoisotopic (exact) mass is 159 g/mol. The van der Waals surface area contributed by atoms with Gasteiger partial charge >= 0.3 is 5.97 Å². The largest absolute Gasteiger partial charge is 0.481 e. The quantitative estimate of drug-likeness (QED) is 0.633. The fraction of sp³-hybridized carbons (Fsp3) is 0.875. The third-order valence-electron chi connectivity index (χ3n) is 1.93. The van der Waals surface area contributed by atoms with E-state index in [1.54, 1.807) is 6.92 Å². The molecule has 0 radical (unpaired) electrons. The summed E-state index contributed by atoms with van der Waals surface area (Å²) in [4.78, 5) is 10.5. The maximum Gasteiger partial charge on any atom is 0.307 e. The van der Waals surface area contributed by atoms with Crippen LogP contribution in [0.25, 0.3) is 0 Å². The molecule has 0 bridgehead atoms. The minimum atomic E-state index is -0.826. The van der Waals surface area contributed by atoms with Crippen molar-refractivity contribution in [2.75, 3.05) is 0 Å². The molecule has 0 amide bonds. The van der Waals surface area contributed by atoms with Crippen molar-refractivity contribution >= 4 is 5.97 Å². The van der Waals surface area contributed by atoms with E-state index in [4.69, 9.17) is 10.8 Å². The van der Waals surface area contributed by atoms with E-state index in [1.807, 2.05) is 20.8 Å². The molecule has 0 heterocycles. The van der Waals surface area contributed by atoms with E-state index in [0.29, 0.717) is 0 Å². The first kappa shape index (κ1) is 10.4. The van der Waals surface area contributed by atoms with Crippen molar-refractivity contribution in [3.05, 3.63) is 0 Å². The minimum Gasteiger partial charge on any atom is -0.481 e. The zero-order valence-electron chi connectivity index (χ0n) is 7.59. The summed E-state index contributed by atoms with van der Waals surface area (Å²) >= 11 is 0. The van der Waals surface area contributed by atoms with Crippen molar-refractivity contribution < 1.29 is 9.90 Å². The van der Waals surface area contributed by atoms with Gasteiger partial charge in [-0.15, -0.1) is 0 Å². The van der Waals surface area contributed by atoms with Gasteiger partial charge in [0.2, 0.25) is 0 Å². The Bertz CT molecular complexity index is 149. The minimum absolute atomic E-state index is 0.141. The maximum absolute atomic E-state index is 10.5.